The fourth-order valence-corrected chi connectivity index (χ4v) is 3.34. The number of amides is 1. The number of carboxylic acids is 1. The number of hydrogen-bond acceptors (Lipinski definition) is 6. The Kier molecular flexibility index (Phi) is 4.17. The lowest BCUT2D eigenvalue weighted by Gasteiger charge is -2.15. The van der Waals surface area contributed by atoms with Crippen molar-refractivity contribution >= 4 is 28.2 Å². The maximum absolute atomic E-state index is 12.6. The van der Waals surface area contributed by atoms with E-state index in [0.717, 1.165) is 0 Å². The van der Waals surface area contributed by atoms with Gasteiger partial charge in [-0.1, -0.05) is 0 Å². The molecule has 3 rings (SSSR count). The number of carboxylic acid groups (broad SMARTS) is 1. The molecule has 0 radical (unpaired) electrons. The van der Waals surface area contributed by atoms with E-state index in [0.29, 0.717) is 16.4 Å². The minimum Gasteiger partial charge on any atom is -0.478 e. The van der Waals surface area contributed by atoms with Crippen molar-refractivity contribution in [2.24, 2.45) is 0 Å². The van der Waals surface area contributed by atoms with Crippen molar-refractivity contribution in [2.75, 3.05) is 7.05 Å². The highest BCUT2D eigenvalue weighted by molar-refractivity contribution is 7.15. The number of carbonyl (C=O) groups excluding carboxylic acids is 1. The molecule has 8 nitrogen and oxygen atoms in total. The predicted molar refractivity (Wildman–Crippen MR) is 90.3 cm³/mol. The summed E-state index contributed by atoms with van der Waals surface area (Å²) < 4.78 is 6.76. The molecule has 0 fully saturated rings. The molecule has 0 bridgehead atoms. The molecule has 0 aliphatic carbocycles. The largest absolute Gasteiger partial charge is 0.478 e. The second-order valence-corrected chi connectivity index (χ2v) is 6.46. The summed E-state index contributed by atoms with van der Waals surface area (Å²) in [5.41, 5.74) is 0.279. The molecule has 0 atom stereocenters. The van der Waals surface area contributed by atoms with Gasteiger partial charge in [-0.25, -0.2) is 9.78 Å². The van der Waals surface area contributed by atoms with Gasteiger partial charge >= 0.3 is 5.97 Å². The van der Waals surface area contributed by atoms with Crippen LogP contribution in [-0.2, 0) is 6.54 Å². The average molecular weight is 361 g/mol. The fraction of sp³-hybridized carbons (Fsp3) is 0.250. The first-order valence-electron chi connectivity index (χ1n) is 7.33. The van der Waals surface area contributed by atoms with Crippen LogP contribution < -0.4 is 5.56 Å². The van der Waals surface area contributed by atoms with Crippen molar-refractivity contribution in [3.05, 3.63) is 56.3 Å². The zero-order chi connectivity index (χ0) is 18.3. The topological polar surface area (TPSA) is 105 Å². The van der Waals surface area contributed by atoms with Crippen molar-refractivity contribution in [3.8, 4) is 0 Å². The highest BCUT2D eigenvalue weighted by Gasteiger charge is 2.21. The Labute approximate surface area is 145 Å². The summed E-state index contributed by atoms with van der Waals surface area (Å²) in [4.78, 5) is 42.1. The monoisotopic (exact) mass is 361 g/mol. The van der Waals surface area contributed by atoms with Crippen molar-refractivity contribution in [1.82, 2.24) is 14.3 Å². The van der Waals surface area contributed by atoms with Gasteiger partial charge in [0, 0.05) is 24.3 Å². The molecule has 0 saturated carbocycles. The number of hydrogen-bond donors (Lipinski definition) is 1. The molecule has 25 heavy (non-hydrogen) atoms. The smallest absolute Gasteiger partial charge is 0.339 e. The van der Waals surface area contributed by atoms with Gasteiger partial charge in [-0.15, -0.1) is 11.3 Å². The van der Waals surface area contributed by atoms with Gasteiger partial charge in [-0.3, -0.25) is 14.0 Å². The van der Waals surface area contributed by atoms with Crippen LogP contribution in [0.5, 0.6) is 0 Å². The van der Waals surface area contributed by atoms with E-state index in [9.17, 15) is 14.4 Å². The van der Waals surface area contributed by atoms with E-state index in [1.807, 2.05) is 0 Å². The van der Waals surface area contributed by atoms with Gasteiger partial charge in [0.2, 0.25) is 0 Å². The normalized spacial score (nSPS) is 11.0. The Morgan fingerprint density at radius 2 is 2.08 bits per heavy atom. The summed E-state index contributed by atoms with van der Waals surface area (Å²) in [5.74, 6) is -1.02. The second kappa shape index (κ2) is 6.17. The number of fused-ring (bicyclic) bond motifs is 1. The van der Waals surface area contributed by atoms with E-state index in [1.54, 1.807) is 19.2 Å². The third kappa shape index (κ3) is 2.93. The maximum Gasteiger partial charge on any atom is 0.339 e. The molecule has 0 aliphatic heterocycles. The standard InChI is InChI=1S/C16H15N3O5S/c1-8-7-25-16-17-5-12(14(21)19(8)16)13(20)18(3)6-10-4-11(15(22)23)9(2)24-10/h4-5,7H,6H2,1-3H3,(H,22,23). The van der Waals surface area contributed by atoms with Crippen molar-refractivity contribution < 1.29 is 19.1 Å². The first-order valence-corrected chi connectivity index (χ1v) is 8.21. The van der Waals surface area contributed by atoms with Crippen LogP contribution in [0.15, 0.2) is 26.9 Å². The number of nitrogens with zero attached hydrogens (tertiary/aromatic N) is 3. The van der Waals surface area contributed by atoms with E-state index in [4.69, 9.17) is 9.52 Å². The molecule has 130 valence electrons. The first kappa shape index (κ1) is 16.9. The van der Waals surface area contributed by atoms with Crippen LogP contribution in [0.25, 0.3) is 4.96 Å². The third-order valence-electron chi connectivity index (χ3n) is 3.79. The minimum atomic E-state index is -1.10. The zero-order valence-electron chi connectivity index (χ0n) is 13.8. The summed E-state index contributed by atoms with van der Waals surface area (Å²) in [5, 5.41) is 10.8. The summed E-state index contributed by atoms with van der Waals surface area (Å²) in [6, 6.07) is 1.37. The van der Waals surface area contributed by atoms with Gasteiger partial charge in [0.25, 0.3) is 11.5 Å². The lowest BCUT2D eigenvalue weighted by molar-refractivity contribution is 0.0694. The van der Waals surface area contributed by atoms with Crippen LogP contribution in [0, 0.1) is 13.8 Å². The van der Waals surface area contributed by atoms with E-state index in [-0.39, 0.29) is 23.4 Å². The highest BCUT2D eigenvalue weighted by atomic mass is 32.1. The van der Waals surface area contributed by atoms with Crippen LogP contribution in [0.2, 0.25) is 0 Å². The predicted octanol–water partition coefficient (Wildman–Crippen LogP) is 1.94. The number of aryl methyl sites for hydroxylation is 2. The SMILES string of the molecule is Cc1oc(CN(C)C(=O)c2cnc3scc(C)n3c2=O)cc1C(=O)O. The average Bonchev–Trinajstić information content (AvgIpc) is 3.10. The molecule has 1 amide bonds. The van der Waals surface area contributed by atoms with Crippen LogP contribution in [0.3, 0.4) is 0 Å². The first-order chi connectivity index (χ1) is 11.8. The molecule has 3 heterocycles. The molecule has 9 heteroatoms. The Morgan fingerprint density at radius 3 is 2.72 bits per heavy atom. The summed E-state index contributed by atoms with van der Waals surface area (Å²) >= 11 is 1.32. The Bertz CT molecular complexity index is 1050. The van der Waals surface area contributed by atoms with Gasteiger partial charge < -0.3 is 14.4 Å². The summed E-state index contributed by atoms with van der Waals surface area (Å²) in [6.45, 7) is 3.35. The molecule has 3 aromatic heterocycles. The quantitative estimate of drug-likeness (QED) is 0.761. The van der Waals surface area contributed by atoms with Gasteiger partial charge in [-0.2, -0.15) is 0 Å². The summed E-state index contributed by atoms with van der Waals surface area (Å²) in [7, 11) is 1.51. The van der Waals surface area contributed by atoms with E-state index in [1.165, 1.54) is 39.9 Å². The number of carbonyl (C=O) groups is 2. The lowest BCUT2D eigenvalue weighted by atomic mass is 10.2. The minimum absolute atomic E-state index is 0.0394. The van der Waals surface area contributed by atoms with Crippen LogP contribution in [-0.4, -0.2) is 38.3 Å². The third-order valence-corrected chi connectivity index (χ3v) is 4.74. The molecule has 1 N–H and O–H groups in total. The number of aromatic nitrogens is 2. The van der Waals surface area contributed by atoms with Crippen molar-refractivity contribution in [3.63, 3.8) is 0 Å². The molecular weight excluding hydrogens is 346 g/mol. The van der Waals surface area contributed by atoms with Gasteiger partial charge in [0.05, 0.1) is 6.54 Å². The maximum atomic E-state index is 12.6. The second-order valence-electron chi connectivity index (χ2n) is 5.62. The number of thiazole rings is 1. The Morgan fingerprint density at radius 1 is 1.36 bits per heavy atom. The molecule has 0 aromatic carbocycles. The fourth-order valence-electron chi connectivity index (χ4n) is 2.52. The molecule has 0 spiro atoms. The van der Waals surface area contributed by atoms with E-state index in [2.05, 4.69) is 4.98 Å². The molecule has 0 aliphatic rings. The Balaban J connectivity index is 1.89. The highest BCUT2D eigenvalue weighted by Crippen LogP contribution is 2.17. The zero-order valence-corrected chi connectivity index (χ0v) is 14.6. The number of rotatable bonds is 4. The van der Waals surface area contributed by atoms with E-state index < -0.39 is 17.4 Å². The van der Waals surface area contributed by atoms with Crippen LogP contribution in [0.4, 0.5) is 0 Å². The van der Waals surface area contributed by atoms with Crippen molar-refractivity contribution in [1.29, 1.82) is 0 Å². The van der Waals surface area contributed by atoms with Crippen LogP contribution in [0.1, 0.15) is 37.9 Å². The lowest BCUT2D eigenvalue weighted by Crippen LogP contribution is -2.32. The van der Waals surface area contributed by atoms with Gasteiger partial charge in [0.15, 0.2) is 4.96 Å². The number of aromatic carboxylic acids is 1. The molecule has 0 unspecified atom stereocenters. The number of furan rings is 1. The van der Waals surface area contributed by atoms with E-state index >= 15 is 0 Å². The van der Waals surface area contributed by atoms with Crippen LogP contribution >= 0.6 is 11.3 Å². The molecule has 0 saturated heterocycles. The molecule has 3 aromatic rings. The van der Waals surface area contributed by atoms with Gasteiger partial charge in [-0.05, 0) is 19.9 Å². The molecular formula is C16H15N3O5S. The Hall–Kier alpha value is -2.94. The van der Waals surface area contributed by atoms with Crippen molar-refractivity contribution in [2.45, 2.75) is 20.4 Å². The summed E-state index contributed by atoms with van der Waals surface area (Å²) in [6.07, 6.45) is 1.27. The van der Waals surface area contributed by atoms with Gasteiger partial charge in [0.1, 0.15) is 22.6 Å².